The van der Waals surface area contributed by atoms with Crippen LogP contribution in [0.4, 0.5) is 0 Å². The molecule has 2 heteroatoms. The molecule has 108 valence electrons. The normalized spacial score (nSPS) is 16.1. The number of amides is 1. The predicted molar refractivity (Wildman–Crippen MR) is 85.1 cm³/mol. The number of carbonyl (C=O) groups excluding carboxylic acids is 1. The lowest BCUT2D eigenvalue weighted by Gasteiger charge is -2.35. The van der Waals surface area contributed by atoms with Crippen LogP contribution < -0.4 is 0 Å². The number of rotatable bonds is 4. The van der Waals surface area contributed by atoms with Crippen LogP contribution in [0.15, 0.2) is 60.7 Å². The van der Waals surface area contributed by atoms with Crippen molar-refractivity contribution in [2.24, 2.45) is 5.92 Å². The average molecular weight is 279 g/mol. The molecule has 1 heterocycles. The maximum Gasteiger partial charge on any atom is 0.209 e. The lowest BCUT2D eigenvalue weighted by molar-refractivity contribution is -0.119. The van der Waals surface area contributed by atoms with Gasteiger partial charge in [-0.25, -0.2) is 0 Å². The number of piperidine rings is 1. The van der Waals surface area contributed by atoms with Crippen molar-refractivity contribution in [3.05, 3.63) is 71.8 Å². The molecule has 2 aromatic rings. The zero-order valence-corrected chi connectivity index (χ0v) is 12.2. The van der Waals surface area contributed by atoms with Gasteiger partial charge in [0, 0.05) is 19.0 Å². The van der Waals surface area contributed by atoms with Gasteiger partial charge in [-0.15, -0.1) is 0 Å². The van der Waals surface area contributed by atoms with Gasteiger partial charge in [-0.2, -0.15) is 0 Å². The highest BCUT2D eigenvalue weighted by atomic mass is 16.1. The maximum atomic E-state index is 10.9. The fourth-order valence-corrected chi connectivity index (χ4v) is 3.42. The zero-order valence-electron chi connectivity index (χ0n) is 12.2. The number of carbonyl (C=O) groups is 1. The van der Waals surface area contributed by atoms with E-state index in [0.717, 1.165) is 32.3 Å². The van der Waals surface area contributed by atoms with Gasteiger partial charge in [0.2, 0.25) is 6.41 Å². The van der Waals surface area contributed by atoms with Gasteiger partial charge >= 0.3 is 0 Å². The van der Waals surface area contributed by atoms with Gasteiger partial charge in [-0.1, -0.05) is 60.7 Å². The SMILES string of the molecule is O=CN1CCC(C(c2ccccc2)c2ccccc2)CC1. The van der Waals surface area contributed by atoms with Crippen molar-refractivity contribution < 1.29 is 4.79 Å². The molecule has 0 radical (unpaired) electrons. The lowest BCUT2D eigenvalue weighted by Crippen LogP contribution is -2.34. The first-order valence-corrected chi connectivity index (χ1v) is 7.67. The van der Waals surface area contributed by atoms with Crippen LogP contribution in [0.2, 0.25) is 0 Å². The Bertz CT molecular complexity index is 519. The molecule has 2 nitrogen and oxygen atoms in total. The number of hydrogen-bond donors (Lipinski definition) is 0. The summed E-state index contributed by atoms with van der Waals surface area (Å²) in [5.74, 6) is 1.03. The molecule has 2 aromatic carbocycles. The Kier molecular flexibility index (Phi) is 4.34. The molecule has 21 heavy (non-hydrogen) atoms. The van der Waals surface area contributed by atoms with E-state index >= 15 is 0 Å². The van der Waals surface area contributed by atoms with Crippen molar-refractivity contribution in [3.63, 3.8) is 0 Å². The molecule has 0 aliphatic carbocycles. The average Bonchev–Trinajstić information content (AvgIpc) is 2.58. The fourth-order valence-electron chi connectivity index (χ4n) is 3.42. The molecular weight excluding hydrogens is 258 g/mol. The summed E-state index contributed by atoms with van der Waals surface area (Å²) in [6.45, 7) is 1.76. The van der Waals surface area contributed by atoms with Crippen molar-refractivity contribution in [1.82, 2.24) is 4.90 Å². The second-order valence-corrected chi connectivity index (χ2v) is 5.78. The molecule has 0 bridgehead atoms. The summed E-state index contributed by atoms with van der Waals surface area (Å²) in [6.07, 6.45) is 3.14. The molecule has 0 aromatic heterocycles. The molecule has 1 aliphatic heterocycles. The van der Waals surface area contributed by atoms with Crippen molar-refractivity contribution in [2.75, 3.05) is 13.1 Å². The van der Waals surface area contributed by atoms with Crippen LogP contribution in [0.25, 0.3) is 0 Å². The molecule has 1 aliphatic rings. The van der Waals surface area contributed by atoms with Crippen LogP contribution in [0.3, 0.4) is 0 Å². The quantitative estimate of drug-likeness (QED) is 0.782. The fraction of sp³-hybridized carbons (Fsp3) is 0.316. The third-order valence-corrected chi connectivity index (χ3v) is 4.51. The standard InChI is InChI=1S/C19H21NO/c21-15-20-13-11-18(12-14-20)19(16-7-3-1-4-8-16)17-9-5-2-6-10-17/h1-10,15,18-19H,11-14H2. The first kappa shape index (κ1) is 13.9. The predicted octanol–water partition coefficient (Wildman–Crippen LogP) is 3.69. The highest BCUT2D eigenvalue weighted by molar-refractivity contribution is 5.47. The summed E-state index contributed by atoms with van der Waals surface area (Å²) < 4.78 is 0. The minimum atomic E-state index is 0.432. The smallest absolute Gasteiger partial charge is 0.209 e. The van der Waals surface area contributed by atoms with E-state index in [2.05, 4.69) is 60.7 Å². The van der Waals surface area contributed by atoms with Gasteiger partial charge < -0.3 is 4.90 Å². The van der Waals surface area contributed by atoms with Crippen molar-refractivity contribution in [3.8, 4) is 0 Å². The van der Waals surface area contributed by atoms with Crippen molar-refractivity contribution in [1.29, 1.82) is 0 Å². The Morgan fingerprint density at radius 1 is 0.857 bits per heavy atom. The molecule has 1 amide bonds. The van der Waals surface area contributed by atoms with Crippen LogP contribution in [0, 0.1) is 5.92 Å². The first-order chi connectivity index (χ1) is 10.4. The molecule has 0 unspecified atom stereocenters. The summed E-state index contributed by atoms with van der Waals surface area (Å²) in [4.78, 5) is 12.8. The minimum Gasteiger partial charge on any atom is -0.345 e. The maximum absolute atomic E-state index is 10.9. The number of benzene rings is 2. The Labute approximate surface area is 126 Å². The van der Waals surface area contributed by atoms with Gasteiger partial charge in [0.15, 0.2) is 0 Å². The summed E-state index contributed by atoms with van der Waals surface area (Å²) in [5, 5.41) is 0. The number of hydrogen-bond acceptors (Lipinski definition) is 1. The van der Waals surface area contributed by atoms with Crippen LogP contribution >= 0.6 is 0 Å². The van der Waals surface area contributed by atoms with E-state index < -0.39 is 0 Å². The molecular formula is C19H21NO. The zero-order chi connectivity index (χ0) is 14.5. The summed E-state index contributed by atoms with van der Waals surface area (Å²) >= 11 is 0. The summed E-state index contributed by atoms with van der Waals surface area (Å²) in [7, 11) is 0. The molecule has 3 rings (SSSR count). The van der Waals surface area contributed by atoms with Crippen LogP contribution in [-0.4, -0.2) is 24.4 Å². The van der Waals surface area contributed by atoms with Crippen molar-refractivity contribution >= 4 is 6.41 Å². The van der Waals surface area contributed by atoms with Gasteiger partial charge in [-0.05, 0) is 29.9 Å². The Morgan fingerprint density at radius 2 is 1.33 bits per heavy atom. The topological polar surface area (TPSA) is 20.3 Å². The summed E-state index contributed by atoms with van der Waals surface area (Å²) in [6, 6.07) is 21.5. The van der Waals surface area contributed by atoms with E-state index in [4.69, 9.17) is 0 Å². The van der Waals surface area contributed by atoms with Gasteiger partial charge in [0.1, 0.15) is 0 Å². The molecule has 0 atom stereocenters. The van der Waals surface area contributed by atoms with Crippen LogP contribution in [0.5, 0.6) is 0 Å². The second-order valence-electron chi connectivity index (χ2n) is 5.78. The molecule has 0 saturated carbocycles. The van der Waals surface area contributed by atoms with E-state index in [1.165, 1.54) is 11.1 Å². The van der Waals surface area contributed by atoms with Crippen LogP contribution in [-0.2, 0) is 4.79 Å². The molecule has 1 saturated heterocycles. The van der Waals surface area contributed by atoms with Gasteiger partial charge in [0.25, 0.3) is 0 Å². The highest BCUT2D eigenvalue weighted by Gasteiger charge is 2.28. The monoisotopic (exact) mass is 279 g/mol. The van der Waals surface area contributed by atoms with Gasteiger partial charge in [0.05, 0.1) is 0 Å². The highest BCUT2D eigenvalue weighted by Crippen LogP contribution is 2.37. The van der Waals surface area contributed by atoms with Gasteiger partial charge in [-0.3, -0.25) is 4.79 Å². The molecule has 1 fully saturated rings. The minimum absolute atomic E-state index is 0.432. The summed E-state index contributed by atoms with van der Waals surface area (Å²) in [5.41, 5.74) is 2.77. The Hall–Kier alpha value is -2.09. The third kappa shape index (κ3) is 3.15. The molecule has 0 spiro atoms. The van der Waals surface area contributed by atoms with Crippen LogP contribution in [0.1, 0.15) is 29.9 Å². The van der Waals surface area contributed by atoms with E-state index in [1.54, 1.807) is 0 Å². The first-order valence-electron chi connectivity index (χ1n) is 7.67. The van der Waals surface area contributed by atoms with E-state index in [1.807, 2.05) is 4.90 Å². The Balaban J connectivity index is 1.89. The number of likely N-dealkylation sites (tertiary alicyclic amines) is 1. The number of nitrogens with zero attached hydrogens (tertiary/aromatic N) is 1. The lowest BCUT2D eigenvalue weighted by atomic mass is 9.76. The van der Waals surface area contributed by atoms with E-state index in [9.17, 15) is 4.79 Å². The largest absolute Gasteiger partial charge is 0.345 e. The van der Waals surface area contributed by atoms with E-state index in [-0.39, 0.29) is 0 Å². The molecule has 0 N–H and O–H groups in total. The Morgan fingerprint density at radius 3 is 1.76 bits per heavy atom. The van der Waals surface area contributed by atoms with Crippen molar-refractivity contribution in [2.45, 2.75) is 18.8 Å². The van der Waals surface area contributed by atoms with E-state index in [0.29, 0.717) is 11.8 Å². The third-order valence-electron chi connectivity index (χ3n) is 4.51. The second kappa shape index (κ2) is 6.57.